The smallest absolute Gasteiger partial charge is 0.246 e. The van der Waals surface area contributed by atoms with Crippen LogP contribution in [0.25, 0.3) is 11.0 Å². The van der Waals surface area contributed by atoms with Gasteiger partial charge in [-0.2, -0.15) is 4.98 Å². The second kappa shape index (κ2) is 5.18. The van der Waals surface area contributed by atoms with Crippen LogP contribution < -0.4 is 0 Å². The van der Waals surface area contributed by atoms with E-state index in [1.165, 1.54) is 0 Å². The van der Waals surface area contributed by atoms with Crippen molar-refractivity contribution < 1.29 is 4.52 Å². The molecule has 0 aliphatic heterocycles. The van der Waals surface area contributed by atoms with Crippen LogP contribution >= 0.6 is 27.5 Å². The van der Waals surface area contributed by atoms with Crippen LogP contribution in [0.5, 0.6) is 0 Å². The van der Waals surface area contributed by atoms with Crippen molar-refractivity contribution in [2.75, 3.05) is 0 Å². The quantitative estimate of drug-likeness (QED) is 0.670. The molecule has 1 aromatic carbocycles. The second-order valence-electron chi connectivity index (χ2n) is 4.54. The van der Waals surface area contributed by atoms with Crippen LogP contribution in [-0.4, -0.2) is 19.7 Å². The van der Waals surface area contributed by atoms with Crippen molar-refractivity contribution >= 4 is 38.6 Å². The average Bonchev–Trinajstić information content (AvgIpc) is 2.94. The number of benzene rings is 1. The zero-order valence-corrected chi connectivity index (χ0v) is 13.3. The SMILES string of the molecule is Cc1noc(Cn2c(C(C)Cl)nc3cc(Br)ccc32)n1. The Hall–Kier alpha value is -1.40. The van der Waals surface area contributed by atoms with E-state index in [2.05, 4.69) is 31.1 Å². The molecule has 0 radical (unpaired) electrons. The highest BCUT2D eigenvalue weighted by Gasteiger charge is 2.17. The Morgan fingerprint density at radius 3 is 2.85 bits per heavy atom. The molecule has 0 fully saturated rings. The van der Waals surface area contributed by atoms with Crippen LogP contribution in [0.1, 0.15) is 29.8 Å². The first-order valence-corrected chi connectivity index (χ1v) is 7.36. The first-order valence-electron chi connectivity index (χ1n) is 6.13. The van der Waals surface area contributed by atoms with Crippen molar-refractivity contribution in [3.8, 4) is 0 Å². The fourth-order valence-corrected chi connectivity index (χ4v) is 2.65. The Morgan fingerprint density at radius 1 is 1.40 bits per heavy atom. The topological polar surface area (TPSA) is 56.7 Å². The molecule has 0 amide bonds. The highest BCUT2D eigenvalue weighted by molar-refractivity contribution is 9.10. The van der Waals surface area contributed by atoms with E-state index in [1.54, 1.807) is 6.92 Å². The maximum Gasteiger partial charge on any atom is 0.246 e. The molecule has 0 aliphatic rings. The molecule has 2 heterocycles. The van der Waals surface area contributed by atoms with Crippen molar-refractivity contribution in [1.82, 2.24) is 19.7 Å². The molecule has 2 aromatic heterocycles. The van der Waals surface area contributed by atoms with E-state index in [1.807, 2.05) is 29.7 Å². The number of fused-ring (bicyclic) bond motifs is 1. The van der Waals surface area contributed by atoms with Gasteiger partial charge in [0.25, 0.3) is 0 Å². The van der Waals surface area contributed by atoms with Gasteiger partial charge in [-0.1, -0.05) is 21.1 Å². The van der Waals surface area contributed by atoms with Gasteiger partial charge < -0.3 is 9.09 Å². The predicted octanol–water partition coefficient (Wildman–Crippen LogP) is 3.84. The number of hydrogen-bond acceptors (Lipinski definition) is 4. The number of aromatic nitrogens is 4. The highest BCUT2D eigenvalue weighted by Crippen LogP contribution is 2.27. The molecular formula is C13H12BrClN4O. The van der Waals surface area contributed by atoms with Crippen molar-refractivity contribution in [3.63, 3.8) is 0 Å². The molecule has 5 nitrogen and oxygen atoms in total. The van der Waals surface area contributed by atoms with Crippen LogP contribution in [0.15, 0.2) is 27.2 Å². The second-order valence-corrected chi connectivity index (χ2v) is 6.11. The zero-order valence-electron chi connectivity index (χ0n) is 11.0. The van der Waals surface area contributed by atoms with Crippen molar-refractivity contribution in [1.29, 1.82) is 0 Å². The van der Waals surface area contributed by atoms with Gasteiger partial charge in [-0.3, -0.25) is 0 Å². The molecule has 3 aromatic rings. The summed E-state index contributed by atoms with van der Waals surface area (Å²) in [6.07, 6.45) is 0. The van der Waals surface area contributed by atoms with E-state index < -0.39 is 0 Å². The van der Waals surface area contributed by atoms with E-state index in [0.29, 0.717) is 18.3 Å². The summed E-state index contributed by atoms with van der Waals surface area (Å²) in [4.78, 5) is 8.82. The van der Waals surface area contributed by atoms with E-state index in [9.17, 15) is 0 Å². The fraction of sp³-hybridized carbons (Fsp3) is 0.308. The van der Waals surface area contributed by atoms with Gasteiger partial charge in [0, 0.05) is 4.47 Å². The lowest BCUT2D eigenvalue weighted by atomic mass is 10.3. The molecule has 0 spiro atoms. The molecule has 1 unspecified atom stereocenters. The lowest BCUT2D eigenvalue weighted by Gasteiger charge is -2.07. The summed E-state index contributed by atoms with van der Waals surface area (Å²) in [5.41, 5.74) is 1.88. The van der Waals surface area contributed by atoms with E-state index >= 15 is 0 Å². The molecule has 3 rings (SSSR count). The summed E-state index contributed by atoms with van der Waals surface area (Å²) in [5, 5.41) is 3.60. The molecular weight excluding hydrogens is 344 g/mol. The van der Waals surface area contributed by atoms with E-state index in [0.717, 1.165) is 21.3 Å². The highest BCUT2D eigenvalue weighted by atomic mass is 79.9. The predicted molar refractivity (Wildman–Crippen MR) is 79.8 cm³/mol. The van der Waals surface area contributed by atoms with Crippen molar-refractivity contribution in [2.24, 2.45) is 0 Å². The maximum absolute atomic E-state index is 6.23. The standard InChI is InChI=1S/C13H12BrClN4O/c1-7(15)13-17-10-5-9(14)3-4-11(10)19(13)6-12-16-8(2)18-20-12/h3-5,7H,6H2,1-2H3. The summed E-state index contributed by atoms with van der Waals surface area (Å²) in [6.45, 7) is 4.15. The monoisotopic (exact) mass is 354 g/mol. The number of alkyl halides is 1. The first-order chi connectivity index (χ1) is 9.54. The van der Waals surface area contributed by atoms with Gasteiger partial charge in [0.15, 0.2) is 5.82 Å². The normalized spacial score (nSPS) is 13.0. The molecule has 1 atom stereocenters. The van der Waals surface area contributed by atoms with Gasteiger partial charge in [-0.15, -0.1) is 11.6 Å². The summed E-state index contributed by atoms with van der Waals surface area (Å²) >= 11 is 9.68. The molecule has 104 valence electrons. The van der Waals surface area contributed by atoms with Gasteiger partial charge in [-0.05, 0) is 32.0 Å². The van der Waals surface area contributed by atoms with Crippen molar-refractivity contribution in [2.45, 2.75) is 25.8 Å². The zero-order chi connectivity index (χ0) is 14.3. The van der Waals surface area contributed by atoms with Crippen LogP contribution in [0.2, 0.25) is 0 Å². The molecule has 0 saturated heterocycles. The summed E-state index contributed by atoms with van der Waals surface area (Å²) in [6, 6.07) is 5.94. The number of nitrogens with zero attached hydrogens (tertiary/aromatic N) is 4. The average molecular weight is 356 g/mol. The van der Waals surface area contributed by atoms with Crippen molar-refractivity contribution in [3.05, 3.63) is 40.2 Å². The Morgan fingerprint density at radius 2 is 2.20 bits per heavy atom. The summed E-state index contributed by atoms with van der Waals surface area (Å²) in [5.74, 6) is 1.95. The minimum atomic E-state index is -0.204. The van der Waals surface area contributed by atoms with Gasteiger partial charge in [-0.25, -0.2) is 4.98 Å². The van der Waals surface area contributed by atoms with Gasteiger partial charge >= 0.3 is 0 Å². The first kappa shape index (κ1) is 13.6. The van der Waals surface area contributed by atoms with Crippen LogP contribution in [0, 0.1) is 6.92 Å². The molecule has 0 bridgehead atoms. The van der Waals surface area contributed by atoms with E-state index in [-0.39, 0.29) is 5.38 Å². The Kier molecular flexibility index (Phi) is 3.52. The fourth-order valence-electron chi connectivity index (χ4n) is 2.13. The van der Waals surface area contributed by atoms with E-state index in [4.69, 9.17) is 16.1 Å². The molecule has 20 heavy (non-hydrogen) atoms. The van der Waals surface area contributed by atoms with Gasteiger partial charge in [0.05, 0.1) is 16.4 Å². The third-order valence-corrected chi connectivity index (χ3v) is 3.65. The third kappa shape index (κ3) is 2.45. The molecule has 7 heteroatoms. The van der Waals surface area contributed by atoms with Crippen LogP contribution in [0.4, 0.5) is 0 Å². The Labute approximate surface area is 129 Å². The number of halogens is 2. The minimum absolute atomic E-state index is 0.204. The van der Waals surface area contributed by atoms with Crippen LogP contribution in [-0.2, 0) is 6.54 Å². The number of aryl methyl sites for hydroxylation is 1. The minimum Gasteiger partial charge on any atom is -0.337 e. The summed E-state index contributed by atoms with van der Waals surface area (Å²) < 4.78 is 8.17. The number of imidazole rings is 1. The van der Waals surface area contributed by atoms with Gasteiger partial charge in [0.1, 0.15) is 12.4 Å². The lowest BCUT2D eigenvalue weighted by molar-refractivity contribution is 0.367. The lowest BCUT2D eigenvalue weighted by Crippen LogP contribution is -2.06. The van der Waals surface area contributed by atoms with Crippen LogP contribution in [0.3, 0.4) is 0 Å². The van der Waals surface area contributed by atoms with Gasteiger partial charge in [0.2, 0.25) is 5.89 Å². The largest absolute Gasteiger partial charge is 0.337 e. The maximum atomic E-state index is 6.23. The number of rotatable bonds is 3. The molecule has 0 N–H and O–H groups in total. The molecule has 0 saturated carbocycles. The Balaban J connectivity index is 2.13. The number of hydrogen-bond donors (Lipinski definition) is 0. The molecule has 0 aliphatic carbocycles. The third-order valence-electron chi connectivity index (χ3n) is 2.96. The summed E-state index contributed by atoms with van der Waals surface area (Å²) in [7, 11) is 0. The Bertz CT molecular complexity index is 765.